The molecule has 0 fully saturated rings. The number of amidine groups is 1. The molecule has 42 heteroatoms. The van der Waals surface area contributed by atoms with E-state index in [4.69, 9.17) is 59.0 Å². The van der Waals surface area contributed by atoms with Crippen molar-refractivity contribution in [3.63, 3.8) is 0 Å². The molecule has 33 nitrogen and oxygen atoms in total. The highest BCUT2D eigenvalue weighted by Gasteiger charge is 2.23. The van der Waals surface area contributed by atoms with Crippen LogP contribution in [-0.2, 0) is 20.2 Å². The van der Waals surface area contributed by atoms with Crippen molar-refractivity contribution in [2.45, 2.75) is 88.1 Å². The van der Waals surface area contributed by atoms with Gasteiger partial charge in [0, 0.05) is 59.4 Å². The predicted octanol–water partition coefficient (Wildman–Crippen LogP) is 9.45. The molecule has 0 saturated carbocycles. The number of nitrogens with two attached hydrogens (primary N) is 8. The summed E-state index contributed by atoms with van der Waals surface area (Å²) in [5.41, 5.74) is 47.8. The van der Waals surface area contributed by atoms with E-state index in [0.29, 0.717) is 42.3 Å². The van der Waals surface area contributed by atoms with Gasteiger partial charge in [-0.1, -0.05) is 74.9 Å². The second-order valence-electron chi connectivity index (χ2n) is 21.0. The summed E-state index contributed by atoms with van der Waals surface area (Å²) < 4.78 is 63.4. The van der Waals surface area contributed by atoms with Gasteiger partial charge in [0.1, 0.15) is 15.3 Å². The third kappa shape index (κ3) is 28.2. The van der Waals surface area contributed by atoms with E-state index in [1.165, 1.54) is 49.1 Å². The van der Waals surface area contributed by atoms with Crippen molar-refractivity contribution in [2.75, 3.05) is 47.2 Å². The van der Waals surface area contributed by atoms with Crippen molar-refractivity contribution in [1.29, 1.82) is 5.41 Å². The number of nitrogen functional groups attached to an aromatic ring is 5. The van der Waals surface area contributed by atoms with Crippen LogP contribution in [0.15, 0.2) is 147 Å². The third-order valence-electron chi connectivity index (χ3n) is 12.8. The smallest absolute Gasteiger partial charge is 0.340 e. The Morgan fingerprint density at radius 3 is 1.34 bits per heavy atom. The minimum atomic E-state index is -4.05. The van der Waals surface area contributed by atoms with Crippen molar-refractivity contribution >= 4 is 215 Å². The second kappa shape index (κ2) is 41.7. The molecule has 550 valence electrons. The molecule has 0 saturated heterocycles. The molecule has 2 aromatic carbocycles. The van der Waals surface area contributed by atoms with Crippen LogP contribution in [-0.4, -0.2) is 128 Å². The predicted molar refractivity (Wildman–Crippen MR) is 417 cm³/mol. The Morgan fingerprint density at radius 1 is 0.573 bits per heavy atom. The van der Waals surface area contributed by atoms with E-state index < -0.39 is 26.1 Å². The number of nitrogens with one attached hydrogen (secondary N) is 3. The number of hydrogen-bond acceptors (Lipinski definition) is 30. The number of aromatic nitrogens is 13. The van der Waals surface area contributed by atoms with Gasteiger partial charge in [0.15, 0.2) is 33.4 Å². The molecule has 0 unspecified atom stereocenters. The Hall–Kier alpha value is -8.55. The lowest BCUT2D eigenvalue weighted by atomic mass is 10.1. The molecule has 1 amide bonds. The molecule has 0 aliphatic heterocycles. The fraction of sp³-hybridized carbons (Fsp3) is 0.230. The summed E-state index contributed by atoms with van der Waals surface area (Å²) in [5.74, 6) is -0.395. The van der Waals surface area contributed by atoms with Gasteiger partial charge in [0.2, 0.25) is 23.8 Å². The molecule has 103 heavy (non-hydrogen) atoms. The average Bonchev–Trinajstić information content (AvgIpc) is 0.808. The summed E-state index contributed by atoms with van der Waals surface area (Å²) >= 11 is 20.9. The Bertz CT molecular complexity index is 4810. The van der Waals surface area contributed by atoms with Crippen LogP contribution in [0.1, 0.15) is 74.0 Å². The Balaban J connectivity index is 0.000000267. The number of H-pyrrole nitrogens is 1. The summed E-state index contributed by atoms with van der Waals surface area (Å²) in [6.45, 7) is 8.12. The number of nitrogens with zero attached hydrogens (tertiary/aromatic N) is 12. The van der Waals surface area contributed by atoms with Gasteiger partial charge in [0.05, 0.1) is 47.0 Å². The molecule has 0 aliphatic carbocycles. The van der Waals surface area contributed by atoms with Gasteiger partial charge in [0.25, 0.3) is 23.2 Å². The van der Waals surface area contributed by atoms with E-state index >= 15 is 0 Å². The first-order chi connectivity index (χ1) is 48.1. The number of fused-ring (bicyclic) bond motifs is 4. The highest BCUT2D eigenvalue weighted by Crippen LogP contribution is 2.29. The number of aliphatic hydroxyl groups excluding tert-OH is 2. The van der Waals surface area contributed by atoms with Gasteiger partial charge in [-0.3, -0.25) is 20.0 Å². The molecule has 0 radical (unpaired) electrons. The van der Waals surface area contributed by atoms with Crippen LogP contribution in [0.4, 0.5) is 35.3 Å². The van der Waals surface area contributed by atoms with Gasteiger partial charge >= 0.3 is 20.2 Å². The molecule has 11 rings (SSSR count). The maximum absolute atomic E-state index is 12.4. The molecule has 11 aromatic rings. The van der Waals surface area contributed by atoms with Crippen molar-refractivity contribution in [2.24, 2.45) is 17.2 Å². The van der Waals surface area contributed by atoms with Crippen molar-refractivity contribution in [3.05, 3.63) is 159 Å². The first-order valence-electron chi connectivity index (χ1n) is 29.7. The van der Waals surface area contributed by atoms with E-state index in [9.17, 15) is 31.5 Å². The molecule has 9 aromatic heterocycles. The fourth-order valence-electron chi connectivity index (χ4n) is 8.00. The average molecular weight is 1820 g/mol. The minimum absolute atomic E-state index is 0. The van der Waals surface area contributed by atoms with E-state index in [1.54, 1.807) is 54.7 Å². The normalized spacial score (nSPS) is 11.3. The number of anilines is 6. The van der Waals surface area contributed by atoms with Crippen LogP contribution < -0.4 is 65.1 Å². The Morgan fingerprint density at radius 2 is 0.942 bits per heavy atom. The molecule has 0 spiro atoms. The molecule has 0 bridgehead atoms. The first-order valence-corrected chi connectivity index (χ1v) is 36.9. The van der Waals surface area contributed by atoms with Gasteiger partial charge in [-0.15, -0.1) is 12.4 Å². The lowest BCUT2D eigenvalue weighted by molar-refractivity contribution is 0.0996. The number of benzene rings is 2. The van der Waals surface area contributed by atoms with E-state index in [-0.39, 0.29) is 122 Å². The molecule has 2 atom stereocenters. The highest BCUT2D eigenvalue weighted by molar-refractivity contribution is 9.11. The number of aryl methyl sites for hydroxylation is 2. The lowest BCUT2D eigenvalue weighted by Gasteiger charge is -2.17. The van der Waals surface area contributed by atoms with E-state index in [0.717, 1.165) is 63.1 Å². The monoisotopic (exact) mass is 1810 g/mol. The summed E-state index contributed by atoms with van der Waals surface area (Å²) in [6, 6.07) is 20.9. The number of primary amides is 1. The number of hydrogen-bond donors (Lipinski definition) is 13. The Labute approximate surface area is 643 Å². The zero-order valence-corrected chi connectivity index (χ0v) is 66.0. The summed E-state index contributed by atoms with van der Waals surface area (Å²) in [6.07, 6.45) is 13.9. The van der Waals surface area contributed by atoms with Gasteiger partial charge in [-0.05, 0) is 173 Å². The van der Waals surface area contributed by atoms with Gasteiger partial charge in [-0.2, -0.15) is 31.8 Å². The van der Waals surface area contributed by atoms with Crippen molar-refractivity contribution in [3.8, 4) is 11.8 Å². The number of unbranched alkanes of at least 4 members (excludes halogenated alkanes) is 2. The van der Waals surface area contributed by atoms with Crippen LogP contribution >= 0.6 is 104 Å². The lowest BCUT2D eigenvalue weighted by Crippen LogP contribution is -2.24. The Kier molecular flexibility index (Phi) is 35.1. The standard InChI is InChI=1S/2C14H11BrN4O3S.C13H18BrN5O.C7H5BrN4O.C6H6BrN3O.C6H15NO.CH3ClN2.ClH/c2*1-8-2-4-10(5-3-8)23(20,21)22-13-12-11(18-14(16)19-13)6-9(15)7-17-12;1-2-3-4-9(7-20)17-12-11-10(18-13(15)19-12)5-8(14)6-16-11;8-3-1-4-5(10-2-3)6(13)12-7(9)11-4;7-3-1-4(8)5(6(9)11)10-2-3;1-2-3-4-6(7)5-8;2-1(3)4;/h2*2-7H,1H3,(H2,16,18,19);5-6,9,20H,2-4,7H2,1H3,(H3,15,17,18,19);1-2H,(H3,9,11,12,13);1-2H,8H2,(H2,9,11);6,8H,2-5,7H2,1H3;(H3,3,4);1H/t;;9-;;;6-;;/m..1..1../s1. The molecule has 21 N–H and O–H groups in total. The summed E-state index contributed by atoms with van der Waals surface area (Å²) in [4.78, 5) is 72.4. The zero-order chi connectivity index (χ0) is 75.6. The molecular weight excluding hydrogens is 1750 g/mol. The fourth-order valence-corrected chi connectivity index (χ4v) is 11.4. The number of carbonyl (C=O) groups is 1. The van der Waals surface area contributed by atoms with Gasteiger partial charge in [-0.25, -0.2) is 44.9 Å². The number of aliphatic hydroxyl groups is 2. The maximum Gasteiger partial charge on any atom is 0.340 e. The molecule has 0 aliphatic rings. The largest absolute Gasteiger partial charge is 0.397 e. The molecule has 9 heterocycles. The maximum atomic E-state index is 12.4. The molecular formula is C61H70Br5Cl2N23O10S2. The number of aromatic amines is 1. The van der Waals surface area contributed by atoms with E-state index in [2.05, 4.69) is 181 Å². The number of halogens is 7. The number of carbonyl (C=O) groups excluding carboxylic acids is 1. The third-order valence-corrected chi connectivity index (χ3v) is 17.4. The minimum Gasteiger partial charge on any atom is -0.397 e. The SMILES string of the molecule is CCCC[C@@H](N)CO.CCCC[C@H](CO)Nc1nc(N)nc2cc(Br)cnc12.Cc1ccc(S(=O)(=O)Oc2nc(N)nc3cc(Br)cnc23)cc1.Cc1ccc(S(=O)(=O)Oc2nc(N)nc3cc(Br)cnc23)cc1.Cl.N=C(N)Cl.NC(=O)c1ncc(Br)cc1N.Nc1nc2cc(Br)cnc2c(=O)[nH]1. The first kappa shape index (κ1) is 86.9. The van der Waals surface area contributed by atoms with Crippen LogP contribution in [0.5, 0.6) is 11.8 Å². The van der Waals surface area contributed by atoms with Crippen LogP contribution in [0.25, 0.3) is 44.1 Å². The van der Waals surface area contributed by atoms with Crippen LogP contribution in [0.2, 0.25) is 0 Å². The van der Waals surface area contributed by atoms with Crippen molar-refractivity contribution in [1.82, 2.24) is 64.8 Å². The highest BCUT2D eigenvalue weighted by atomic mass is 79.9. The quantitative estimate of drug-likeness (QED) is 0.0175. The number of amides is 1. The van der Waals surface area contributed by atoms with Crippen LogP contribution in [0, 0.1) is 19.3 Å². The van der Waals surface area contributed by atoms with E-state index in [1.807, 2.05) is 19.9 Å². The number of pyridine rings is 5. The summed E-state index contributed by atoms with van der Waals surface area (Å²) in [7, 11) is -8.09. The number of rotatable bonds is 17. The summed E-state index contributed by atoms with van der Waals surface area (Å²) in [5, 5.41) is 26.8. The second-order valence-corrected chi connectivity index (χ2v) is 29.1. The zero-order valence-electron chi connectivity index (χ0n) is 54.8. The van der Waals surface area contributed by atoms with Gasteiger partial charge < -0.3 is 69.8 Å². The topological polar surface area (TPSA) is 576 Å². The van der Waals surface area contributed by atoms with Crippen molar-refractivity contribution < 1.29 is 40.2 Å². The van der Waals surface area contributed by atoms with Crippen LogP contribution in [0.3, 0.4) is 0 Å².